The van der Waals surface area contributed by atoms with Crippen molar-refractivity contribution in [3.05, 3.63) is 47.8 Å². The lowest BCUT2D eigenvalue weighted by molar-refractivity contribution is -0.274. The second-order valence-electron chi connectivity index (χ2n) is 6.87. The van der Waals surface area contributed by atoms with E-state index in [9.17, 15) is 22.2 Å². The minimum absolute atomic E-state index is 0.0269. The Morgan fingerprint density at radius 2 is 1.94 bits per heavy atom. The summed E-state index contributed by atoms with van der Waals surface area (Å²) in [7, 11) is 1.57. The summed E-state index contributed by atoms with van der Waals surface area (Å²) in [6.07, 6.45) is -1.68. The molecule has 0 bridgehead atoms. The fourth-order valence-corrected chi connectivity index (χ4v) is 3.66. The summed E-state index contributed by atoms with van der Waals surface area (Å²) < 4.78 is 69.2. The number of methoxy groups -OCH3 is 1. The quantitative estimate of drug-likeness (QED) is 0.595. The Morgan fingerprint density at radius 3 is 2.56 bits per heavy atom. The van der Waals surface area contributed by atoms with Crippen LogP contribution >= 0.6 is 0 Å². The van der Waals surface area contributed by atoms with Crippen LogP contribution in [-0.2, 0) is 17.8 Å². The summed E-state index contributed by atoms with van der Waals surface area (Å²) in [6, 6.07) is 5.03. The first-order valence-electron chi connectivity index (χ1n) is 9.42. The molecule has 1 fully saturated rings. The lowest BCUT2D eigenvalue weighted by Crippen LogP contribution is -2.48. The molecule has 2 heterocycles. The number of ether oxygens (including phenoxy) is 2. The first-order valence-corrected chi connectivity index (χ1v) is 10.5. The van der Waals surface area contributed by atoms with Crippen LogP contribution in [0.15, 0.2) is 36.7 Å². The van der Waals surface area contributed by atoms with Crippen molar-refractivity contribution in [2.75, 3.05) is 38.0 Å². The predicted molar refractivity (Wildman–Crippen MR) is 109 cm³/mol. The fraction of sp³-hybridized carbons (Fsp3) is 0.368. The molecule has 1 aliphatic heterocycles. The summed E-state index contributed by atoms with van der Waals surface area (Å²) >= 11 is -2.61. The van der Waals surface area contributed by atoms with E-state index in [0.29, 0.717) is 38.5 Å². The molecule has 0 radical (unpaired) electrons. The normalized spacial score (nSPS) is 15.8. The molecule has 1 unspecified atom stereocenters. The number of hydrogen-bond donors (Lipinski definition) is 2. The molecule has 1 aromatic heterocycles. The largest absolute Gasteiger partial charge is 0.573 e. The monoisotopic (exact) mass is 474 g/mol. The number of carbonyl (C=O) groups is 1. The number of alkyl halides is 3. The van der Waals surface area contributed by atoms with Gasteiger partial charge in [0.25, 0.3) is 17.2 Å². The van der Waals surface area contributed by atoms with Gasteiger partial charge in [0.2, 0.25) is 0 Å². The minimum atomic E-state index is -5.03. The average molecular weight is 474 g/mol. The molecule has 0 saturated carbocycles. The van der Waals surface area contributed by atoms with Crippen molar-refractivity contribution in [1.29, 1.82) is 0 Å². The number of anilines is 1. The number of amides is 1. The minimum Gasteiger partial charge on any atom is -0.496 e. The van der Waals surface area contributed by atoms with E-state index in [-0.39, 0.29) is 11.3 Å². The van der Waals surface area contributed by atoms with E-state index in [2.05, 4.69) is 14.6 Å². The molecule has 2 aromatic rings. The maximum absolute atomic E-state index is 12.8. The number of nitrogens with one attached hydrogen (secondary N) is 1. The van der Waals surface area contributed by atoms with Crippen LogP contribution in [0.2, 0.25) is 0 Å². The Morgan fingerprint density at radius 1 is 1.22 bits per heavy atom. The van der Waals surface area contributed by atoms with E-state index >= 15 is 0 Å². The fourth-order valence-electron chi connectivity index (χ4n) is 3.31. The van der Waals surface area contributed by atoms with Gasteiger partial charge in [0.05, 0.1) is 12.8 Å². The SMILES string of the molecule is COc1ccncc1CN1CCN(C(=O)c2ccc(NS(=O)O)c(OC(F)(F)F)c2)CC1. The molecule has 13 heteroatoms. The molecule has 1 aromatic carbocycles. The number of piperazine rings is 1. The van der Waals surface area contributed by atoms with Gasteiger partial charge < -0.3 is 14.4 Å². The van der Waals surface area contributed by atoms with Crippen molar-refractivity contribution in [3.63, 3.8) is 0 Å². The third-order valence-corrected chi connectivity index (χ3v) is 5.18. The number of nitrogens with zero attached hydrogens (tertiary/aromatic N) is 3. The van der Waals surface area contributed by atoms with E-state index in [1.54, 1.807) is 25.6 Å². The van der Waals surface area contributed by atoms with Gasteiger partial charge in [0.15, 0.2) is 5.75 Å². The summed E-state index contributed by atoms with van der Waals surface area (Å²) in [5.41, 5.74) is 0.518. The van der Waals surface area contributed by atoms with Crippen molar-refractivity contribution in [1.82, 2.24) is 14.8 Å². The molecule has 3 rings (SSSR count). The van der Waals surface area contributed by atoms with Gasteiger partial charge in [0, 0.05) is 56.2 Å². The molecule has 1 atom stereocenters. The van der Waals surface area contributed by atoms with Crippen LogP contribution < -0.4 is 14.2 Å². The van der Waals surface area contributed by atoms with E-state index in [1.165, 1.54) is 11.0 Å². The van der Waals surface area contributed by atoms with E-state index in [0.717, 1.165) is 17.7 Å². The van der Waals surface area contributed by atoms with E-state index in [1.807, 2.05) is 4.72 Å². The van der Waals surface area contributed by atoms with Crippen LogP contribution in [-0.4, -0.2) is 69.1 Å². The van der Waals surface area contributed by atoms with Crippen molar-refractivity contribution >= 4 is 22.9 Å². The van der Waals surface area contributed by atoms with Gasteiger partial charge in [-0.25, -0.2) is 4.21 Å². The second kappa shape index (κ2) is 10.1. The molecule has 0 aliphatic carbocycles. The van der Waals surface area contributed by atoms with Crippen molar-refractivity contribution in [3.8, 4) is 11.5 Å². The highest BCUT2D eigenvalue weighted by Gasteiger charge is 2.33. The van der Waals surface area contributed by atoms with Crippen molar-refractivity contribution in [2.45, 2.75) is 12.9 Å². The van der Waals surface area contributed by atoms with Gasteiger partial charge in [-0.3, -0.25) is 24.0 Å². The smallest absolute Gasteiger partial charge is 0.496 e. The van der Waals surface area contributed by atoms with Crippen molar-refractivity contribution in [2.24, 2.45) is 0 Å². The molecular weight excluding hydrogens is 453 g/mol. The van der Waals surface area contributed by atoms with Crippen LogP contribution in [0.4, 0.5) is 18.9 Å². The Hall–Kier alpha value is -2.90. The molecule has 32 heavy (non-hydrogen) atoms. The molecule has 1 saturated heterocycles. The lowest BCUT2D eigenvalue weighted by atomic mass is 10.1. The molecule has 174 valence electrons. The Bertz CT molecular complexity index is 984. The van der Waals surface area contributed by atoms with E-state index in [4.69, 9.17) is 9.29 Å². The molecule has 2 N–H and O–H groups in total. The average Bonchev–Trinajstić information content (AvgIpc) is 2.74. The second-order valence-corrected chi connectivity index (χ2v) is 7.57. The summed E-state index contributed by atoms with van der Waals surface area (Å²) in [4.78, 5) is 20.6. The zero-order valence-electron chi connectivity index (χ0n) is 17.0. The van der Waals surface area contributed by atoms with E-state index < -0.39 is 29.3 Å². The predicted octanol–water partition coefficient (Wildman–Crippen LogP) is 2.50. The van der Waals surface area contributed by atoms with Gasteiger partial charge in [-0.1, -0.05) is 0 Å². The summed E-state index contributed by atoms with van der Waals surface area (Å²) in [5.74, 6) is -0.520. The number of halogens is 3. The third kappa shape index (κ3) is 6.31. The van der Waals surface area contributed by atoms with Crippen LogP contribution in [0, 0.1) is 0 Å². The standard InChI is InChI=1S/C19H21F3N4O5S/c1-30-16-4-5-23-11-14(16)12-25-6-8-26(9-7-25)18(27)13-2-3-15(24-32(28)29)17(10-13)31-19(20,21)22/h2-5,10-11,24H,6-9,12H2,1H3,(H,28,29). The van der Waals surface area contributed by atoms with Crippen molar-refractivity contribution < 1.29 is 36.2 Å². The Kier molecular flexibility index (Phi) is 7.53. The zero-order chi connectivity index (χ0) is 23.3. The lowest BCUT2D eigenvalue weighted by Gasteiger charge is -2.35. The highest BCUT2D eigenvalue weighted by molar-refractivity contribution is 7.80. The van der Waals surface area contributed by atoms with Crippen LogP contribution in [0.1, 0.15) is 15.9 Å². The molecule has 9 nitrogen and oxygen atoms in total. The maximum atomic E-state index is 12.8. The number of hydrogen-bond acceptors (Lipinski definition) is 6. The van der Waals surface area contributed by atoms with Crippen LogP contribution in [0.5, 0.6) is 11.5 Å². The van der Waals surface area contributed by atoms with Gasteiger partial charge in [-0.2, -0.15) is 0 Å². The number of pyridine rings is 1. The van der Waals surface area contributed by atoms with Gasteiger partial charge >= 0.3 is 6.36 Å². The summed E-state index contributed by atoms with van der Waals surface area (Å²) in [5, 5.41) is 0. The van der Waals surface area contributed by atoms with Gasteiger partial charge in [-0.05, 0) is 24.3 Å². The molecule has 0 spiro atoms. The first-order chi connectivity index (χ1) is 15.2. The number of benzene rings is 1. The Balaban J connectivity index is 1.67. The highest BCUT2D eigenvalue weighted by atomic mass is 32.2. The van der Waals surface area contributed by atoms with Gasteiger partial charge in [0.1, 0.15) is 5.75 Å². The highest BCUT2D eigenvalue weighted by Crippen LogP contribution is 2.32. The number of rotatable bonds is 7. The maximum Gasteiger partial charge on any atom is 0.573 e. The number of aromatic nitrogens is 1. The van der Waals surface area contributed by atoms with Crippen LogP contribution in [0.3, 0.4) is 0 Å². The third-order valence-electron chi connectivity index (χ3n) is 4.78. The van der Waals surface area contributed by atoms with Gasteiger partial charge in [-0.15, -0.1) is 13.2 Å². The molecule has 1 aliphatic rings. The Labute approximate surface area is 184 Å². The first kappa shape index (κ1) is 23.8. The topological polar surface area (TPSA) is 104 Å². The molecule has 1 amide bonds. The zero-order valence-corrected chi connectivity index (χ0v) is 17.8. The molecular formula is C19H21F3N4O5S. The number of carbonyl (C=O) groups excluding carboxylic acids is 1. The summed E-state index contributed by atoms with van der Waals surface area (Å²) in [6.45, 7) is 2.44. The van der Waals surface area contributed by atoms with Crippen LogP contribution in [0.25, 0.3) is 0 Å².